The zero-order valence-electron chi connectivity index (χ0n) is 14.8. The molecule has 136 valence electrons. The number of carbonyl (C=O) groups is 2. The number of hydrogen-bond acceptors (Lipinski definition) is 5. The SMILES string of the molecule is CCCOC(=O)[C@H]1NCSC1C(=O)CCCC1Cc2ccccc2C1. The van der Waals surface area contributed by atoms with Gasteiger partial charge < -0.3 is 4.74 Å². The number of carbonyl (C=O) groups excluding carboxylic acids is 2. The summed E-state index contributed by atoms with van der Waals surface area (Å²) in [5, 5.41) is 2.82. The van der Waals surface area contributed by atoms with Gasteiger partial charge in [-0.15, -0.1) is 11.8 Å². The summed E-state index contributed by atoms with van der Waals surface area (Å²) >= 11 is 1.53. The van der Waals surface area contributed by atoms with E-state index >= 15 is 0 Å². The van der Waals surface area contributed by atoms with Gasteiger partial charge in [0, 0.05) is 12.3 Å². The molecule has 4 nitrogen and oxygen atoms in total. The average Bonchev–Trinajstić information content (AvgIpc) is 3.25. The average molecular weight is 362 g/mol. The van der Waals surface area contributed by atoms with Gasteiger partial charge in [-0.05, 0) is 49.1 Å². The standard InChI is InChI=1S/C20H27NO3S/c1-2-10-24-20(23)18-19(25-13-21-18)17(22)9-5-6-14-11-15-7-3-4-8-16(15)12-14/h3-4,7-8,14,18-19,21H,2,5-6,9-13H2,1H3/t18-,19?/m0/s1. The summed E-state index contributed by atoms with van der Waals surface area (Å²) < 4.78 is 5.21. The number of nitrogens with one attached hydrogen (secondary N) is 1. The predicted molar refractivity (Wildman–Crippen MR) is 101 cm³/mol. The first-order valence-electron chi connectivity index (χ1n) is 9.30. The fourth-order valence-electron chi connectivity index (χ4n) is 3.77. The number of Topliss-reactive ketones (excluding diaryl/α,β-unsaturated/α-hetero) is 1. The van der Waals surface area contributed by atoms with Crippen LogP contribution in [0.2, 0.25) is 0 Å². The largest absolute Gasteiger partial charge is 0.464 e. The van der Waals surface area contributed by atoms with Crippen LogP contribution in [0, 0.1) is 5.92 Å². The van der Waals surface area contributed by atoms with E-state index in [1.807, 2.05) is 6.92 Å². The van der Waals surface area contributed by atoms with Gasteiger partial charge in [-0.1, -0.05) is 31.2 Å². The third kappa shape index (κ3) is 4.64. The summed E-state index contributed by atoms with van der Waals surface area (Å²) in [5.74, 6) is 1.20. The molecule has 1 aliphatic carbocycles. The Labute approximate surface area is 154 Å². The van der Waals surface area contributed by atoms with E-state index in [9.17, 15) is 9.59 Å². The molecule has 1 heterocycles. The van der Waals surface area contributed by atoms with E-state index in [2.05, 4.69) is 29.6 Å². The molecule has 5 heteroatoms. The summed E-state index contributed by atoms with van der Waals surface area (Å²) in [5.41, 5.74) is 2.93. The number of thioether (sulfide) groups is 1. The van der Waals surface area contributed by atoms with Gasteiger partial charge in [0.2, 0.25) is 0 Å². The fraction of sp³-hybridized carbons (Fsp3) is 0.600. The third-order valence-corrected chi connectivity index (χ3v) is 6.29. The van der Waals surface area contributed by atoms with Gasteiger partial charge in [-0.2, -0.15) is 0 Å². The number of ether oxygens (including phenoxy) is 1. The molecule has 0 spiro atoms. The number of hydrogen-bond donors (Lipinski definition) is 1. The molecule has 1 aliphatic heterocycles. The maximum atomic E-state index is 12.6. The number of fused-ring (bicyclic) bond motifs is 1. The Hall–Kier alpha value is -1.33. The summed E-state index contributed by atoms with van der Waals surface area (Å²) in [6, 6.07) is 8.17. The minimum absolute atomic E-state index is 0.184. The van der Waals surface area contributed by atoms with Crippen LogP contribution in [0.1, 0.15) is 43.7 Å². The van der Waals surface area contributed by atoms with Gasteiger partial charge in [0.15, 0.2) is 0 Å². The first kappa shape index (κ1) is 18.5. The quantitative estimate of drug-likeness (QED) is 0.721. The van der Waals surface area contributed by atoms with E-state index in [0.29, 0.717) is 24.8 Å². The predicted octanol–water partition coefficient (Wildman–Crippen LogP) is 3.13. The monoisotopic (exact) mass is 361 g/mol. The molecule has 1 N–H and O–H groups in total. The van der Waals surface area contributed by atoms with E-state index in [0.717, 1.165) is 32.1 Å². The molecule has 1 saturated heterocycles. The molecular weight excluding hydrogens is 334 g/mol. The Morgan fingerprint density at radius 3 is 2.64 bits per heavy atom. The molecule has 1 unspecified atom stereocenters. The summed E-state index contributed by atoms with van der Waals surface area (Å²) in [4.78, 5) is 24.6. The van der Waals surface area contributed by atoms with E-state index in [4.69, 9.17) is 4.74 Å². The van der Waals surface area contributed by atoms with Gasteiger partial charge >= 0.3 is 5.97 Å². The van der Waals surface area contributed by atoms with Crippen molar-refractivity contribution in [3.63, 3.8) is 0 Å². The van der Waals surface area contributed by atoms with Crippen molar-refractivity contribution in [2.75, 3.05) is 12.5 Å². The van der Waals surface area contributed by atoms with Crippen molar-refractivity contribution in [2.24, 2.45) is 5.92 Å². The van der Waals surface area contributed by atoms with Gasteiger partial charge in [-0.3, -0.25) is 14.9 Å². The van der Waals surface area contributed by atoms with Crippen LogP contribution in [0.5, 0.6) is 0 Å². The summed E-state index contributed by atoms with van der Waals surface area (Å²) in [6.45, 7) is 2.39. The Kier molecular flexibility index (Phi) is 6.54. The minimum atomic E-state index is -0.472. The topological polar surface area (TPSA) is 55.4 Å². The first-order valence-corrected chi connectivity index (χ1v) is 10.3. The second-order valence-electron chi connectivity index (χ2n) is 6.98. The molecule has 0 bridgehead atoms. The van der Waals surface area contributed by atoms with Crippen molar-refractivity contribution in [1.29, 1.82) is 0 Å². The molecule has 3 rings (SSSR count). The van der Waals surface area contributed by atoms with Crippen LogP contribution in [0.15, 0.2) is 24.3 Å². The molecule has 1 fully saturated rings. The van der Waals surface area contributed by atoms with E-state index < -0.39 is 6.04 Å². The van der Waals surface area contributed by atoms with Gasteiger partial charge in [-0.25, -0.2) is 0 Å². The molecule has 1 aromatic rings. The van der Waals surface area contributed by atoms with Crippen LogP contribution in [0.4, 0.5) is 0 Å². The Morgan fingerprint density at radius 2 is 1.96 bits per heavy atom. The van der Waals surface area contributed by atoms with Crippen LogP contribution in [0.3, 0.4) is 0 Å². The van der Waals surface area contributed by atoms with Crippen LogP contribution >= 0.6 is 11.8 Å². The molecule has 1 aromatic carbocycles. The van der Waals surface area contributed by atoms with Crippen LogP contribution in [0.25, 0.3) is 0 Å². The van der Waals surface area contributed by atoms with Crippen molar-refractivity contribution in [3.8, 4) is 0 Å². The molecule has 0 aromatic heterocycles. The van der Waals surface area contributed by atoms with Crippen molar-refractivity contribution in [3.05, 3.63) is 35.4 Å². The zero-order valence-corrected chi connectivity index (χ0v) is 15.6. The Balaban J connectivity index is 1.42. The first-order chi connectivity index (χ1) is 12.2. The van der Waals surface area contributed by atoms with E-state index in [-0.39, 0.29) is 17.0 Å². The zero-order chi connectivity index (χ0) is 17.6. The van der Waals surface area contributed by atoms with Crippen molar-refractivity contribution in [2.45, 2.75) is 56.7 Å². The lowest BCUT2D eigenvalue weighted by Gasteiger charge is -2.17. The number of rotatable bonds is 8. The lowest BCUT2D eigenvalue weighted by atomic mass is 9.96. The maximum Gasteiger partial charge on any atom is 0.324 e. The smallest absolute Gasteiger partial charge is 0.324 e. The normalized spacial score (nSPS) is 22.8. The molecule has 2 aliphatic rings. The summed E-state index contributed by atoms with van der Waals surface area (Å²) in [6.07, 6.45) is 5.62. The second kappa shape index (κ2) is 8.86. The van der Waals surface area contributed by atoms with Gasteiger partial charge in [0.05, 0.1) is 11.9 Å². The van der Waals surface area contributed by atoms with Crippen LogP contribution < -0.4 is 5.32 Å². The molecule has 0 amide bonds. The number of esters is 1. The van der Waals surface area contributed by atoms with Crippen molar-refractivity contribution in [1.82, 2.24) is 5.32 Å². The number of ketones is 1. The number of benzene rings is 1. The van der Waals surface area contributed by atoms with Gasteiger partial charge in [0.1, 0.15) is 11.8 Å². The molecule has 2 atom stereocenters. The molecular formula is C20H27NO3S. The molecule has 0 radical (unpaired) electrons. The Bertz CT molecular complexity index is 594. The van der Waals surface area contributed by atoms with Crippen molar-refractivity contribution < 1.29 is 14.3 Å². The van der Waals surface area contributed by atoms with E-state index in [1.54, 1.807) is 0 Å². The Morgan fingerprint density at radius 1 is 1.24 bits per heavy atom. The molecule has 0 saturated carbocycles. The summed E-state index contributed by atoms with van der Waals surface area (Å²) in [7, 11) is 0. The lowest BCUT2D eigenvalue weighted by Crippen LogP contribution is -2.43. The highest BCUT2D eigenvalue weighted by molar-refractivity contribution is 8.00. The van der Waals surface area contributed by atoms with Crippen molar-refractivity contribution >= 4 is 23.5 Å². The highest BCUT2D eigenvalue weighted by Crippen LogP contribution is 2.30. The van der Waals surface area contributed by atoms with Gasteiger partial charge in [0.25, 0.3) is 0 Å². The fourth-order valence-corrected chi connectivity index (χ4v) is 4.93. The minimum Gasteiger partial charge on any atom is -0.464 e. The maximum absolute atomic E-state index is 12.6. The second-order valence-corrected chi connectivity index (χ2v) is 8.11. The highest BCUT2D eigenvalue weighted by atomic mass is 32.2. The van der Waals surface area contributed by atoms with Crippen LogP contribution in [-0.4, -0.2) is 35.5 Å². The highest BCUT2D eigenvalue weighted by Gasteiger charge is 2.38. The molecule has 25 heavy (non-hydrogen) atoms. The van der Waals surface area contributed by atoms with E-state index in [1.165, 1.54) is 22.9 Å². The lowest BCUT2D eigenvalue weighted by molar-refractivity contribution is -0.147. The third-order valence-electron chi connectivity index (χ3n) is 5.06. The van der Waals surface area contributed by atoms with Crippen LogP contribution in [-0.2, 0) is 27.2 Å².